The standard InChI is InChI=1S/C20H23N3O5/c1-13-16(6-4-7-17(13)23(25)26)21-20(24)22-11-5-8-18(22)15-10-9-14(27-2)12-19(15)28-3/h4,6-7,9-10,12,18H,5,8,11H2,1-3H3,(H,21,24). The Morgan fingerprint density at radius 1 is 1.25 bits per heavy atom. The molecule has 1 fully saturated rings. The smallest absolute Gasteiger partial charge is 0.322 e. The molecule has 1 unspecified atom stereocenters. The number of methoxy groups -OCH3 is 2. The first-order valence-corrected chi connectivity index (χ1v) is 8.99. The van der Waals surface area contributed by atoms with Gasteiger partial charge in [-0.25, -0.2) is 4.79 Å². The van der Waals surface area contributed by atoms with Gasteiger partial charge in [0.15, 0.2) is 0 Å². The third-order valence-electron chi connectivity index (χ3n) is 5.06. The van der Waals surface area contributed by atoms with Gasteiger partial charge in [-0.05, 0) is 38.0 Å². The van der Waals surface area contributed by atoms with Gasteiger partial charge < -0.3 is 19.7 Å². The van der Waals surface area contributed by atoms with Gasteiger partial charge >= 0.3 is 6.03 Å². The molecule has 8 heteroatoms. The molecule has 28 heavy (non-hydrogen) atoms. The second-order valence-corrected chi connectivity index (χ2v) is 6.60. The van der Waals surface area contributed by atoms with E-state index in [1.54, 1.807) is 44.2 Å². The van der Waals surface area contributed by atoms with Crippen molar-refractivity contribution in [3.05, 3.63) is 57.6 Å². The van der Waals surface area contributed by atoms with Gasteiger partial charge in [-0.15, -0.1) is 0 Å². The van der Waals surface area contributed by atoms with Crippen LogP contribution >= 0.6 is 0 Å². The predicted molar refractivity (Wildman–Crippen MR) is 105 cm³/mol. The van der Waals surface area contributed by atoms with E-state index in [0.29, 0.717) is 29.3 Å². The molecule has 148 valence electrons. The van der Waals surface area contributed by atoms with Crippen LogP contribution in [0.1, 0.15) is 30.0 Å². The van der Waals surface area contributed by atoms with Crippen molar-refractivity contribution in [1.29, 1.82) is 0 Å². The number of nitrogens with zero attached hydrogens (tertiary/aromatic N) is 2. The summed E-state index contributed by atoms with van der Waals surface area (Å²) in [5, 5.41) is 14.0. The number of nitro groups is 1. The van der Waals surface area contributed by atoms with Crippen LogP contribution in [0.3, 0.4) is 0 Å². The molecule has 1 aliphatic rings. The Labute approximate surface area is 163 Å². The molecule has 0 saturated carbocycles. The molecule has 8 nitrogen and oxygen atoms in total. The molecule has 0 bridgehead atoms. The number of hydrogen-bond donors (Lipinski definition) is 1. The average Bonchev–Trinajstić information content (AvgIpc) is 3.18. The van der Waals surface area contributed by atoms with Crippen LogP contribution in [0.2, 0.25) is 0 Å². The third kappa shape index (κ3) is 3.71. The maximum absolute atomic E-state index is 12.9. The highest BCUT2D eigenvalue weighted by molar-refractivity contribution is 5.91. The van der Waals surface area contributed by atoms with Gasteiger partial charge in [-0.3, -0.25) is 10.1 Å². The summed E-state index contributed by atoms with van der Waals surface area (Å²) in [5.74, 6) is 1.34. The van der Waals surface area contributed by atoms with Gasteiger partial charge in [0.2, 0.25) is 0 Å². The Bertz CT molecular complexity index is 899. The van der Waals surface area contributed by atoms with Crippen LogP contribution in [0, 0.1) is 17.0 Å². The van der Waals surface area contributed by atoms with Crippen molar-refractivity contribution < 1.29 is 19.2 Å². The number of hydrogen-bond acceptors (Lipinski definition) is 5. The van der Waals surface area contributed by atoms with Crippen LogP contribution < -0.4 is 14.8 Å². The molecule has 0 spiro atoms. The number of likely N-dealkylation sites (tertiary alicyclic amines) is 1. The topological polar surface area (TPSA) is 93.9 Å². The van der Waals surface area contributed by atoms with Gasteiger partial charge in [-0.1, -0.05) is 6.07 Å². The molecule has 2 aromatic carbocycles. The number of urea groups is 1. The van der Waals surface area contributed by atoms with E-state index in [-0.39, 0.29) is 17.8 Å². The summed E-state index contributed by atoms with van der Waals surface area (Å²) < 4.78 is 10.7. The van der Waals surface area contributed by atoms with E-state index in [1.165, 1.54) is 6.07 Å². The Balaban J connectivity index is 1.85. The number of anilines is 1. The highest BCUT2D eigenvalue weighted by Gasteiger charge is 2.32. The van der Waals surface area contributed by atoms with Gasteiger partial charge in [-0.2, -0.15) is 0 Å². The van der Waals surface area contributed by atoms with Crippen LogP contribution in [-0.2, 0) is 0 Å². The largest absolute Gasteiger partial charge is 0.497 e. The van der Waals surface area contributed by atoms with Gasteiger partial charge in [0, 0.05) is 24.2 Å². The molecule has 1 saturated heterocycles. The first kappa shape index (κ1) is 19.5. The molecule has 0 aliphatic carbocycles. The number of amides is 2. The summed E-state index contributed by atoms with van der Waals surface area (Å²) in [7, 11) is 3.18. The first-order chi connectivity index (χ1) is 13.5. The van der Waals surface area contributed by atoms with Gasteiger partial charge in [0.05, 0.1) is 36.4 Å². The summed E-state index contributed by atoms with van der Waals surface area (Å²) in [5.41, 5.74) is 1.75. The van der Waals surface area contributed by atoms with Crippen molar-refractivity contribution in [2.75, 3.05) is 26.1 Å². The first-order valence-electron chi connectivity index (χ1n) is 8.99. The molecular weight excluding hydrogens is 362 g/mol. The van der Waals surface area contributed by atoms with E-state index < -0.39 is 4.92 Å². The average molecular weight is 385 g/mol. The fraction of sp³-hybridized carbons (Fsp3) is 0.350. The summed E-state index contributed by atoms with van der Waals surface area (Å²) in [6, 6.07) is 9.78. The maximum Gasteiger partial charge on any atom is 0.322 e. The van der Waals surface area contributed by atoms with E-state index >= 15 is 0 Å². The molecule has 2 amide bonds. The SMILES string of the molecule is COc1ccc(C2CCCN2C(=O)Nc2cccc([N+](=O)[O-])c2C)c(OC)c1. The molecule has 1 atom stereocenters. The van der Waals surface area contributed by atoms with Crippen molar-refractivity contribution in [1.82, 2.24) is 4.90 Å². The normalized spacial score (nSPS) is 16.0. The molecule has 1 aliphatic heterocycles. The molecule has 2 aromatic rings. The van der Waals surface area contributed by atoms with Crippen LogP contribution in [-0.4, -0.2) is 36.6 Å². The zero-order valence-corrected chi connectivity index (χ0v) is 16.1. The number of ether oxygens (including phenoxy) is 2. The lowest BCUT2D eigenvalue weighted by molar-refractivity contribution is -0.385. The number of nitro benzene ring substituents is 1. The fourth-order valence-corrected chi connectivity index (χ4v) is 3.57. The number of carbonyl (C=O) groups excluding carboxylic acids is 1. The summed E-state index contributed by atoms with van der Waals surface area (Å²) in [4.78, 5) is 25.4. The van der Waals surface area contributed by atoms with Crippen molar-refractivity contribution >= 4 is 17.4 Å². The van der Waals surface area contributed by atoms with Gasteiger partial charge in [0.25, 0.3) is 5.69 Å². The minimum Gasteiger partial charge on any atom is -0.497 e. The summed E-state index contributed by atoms with van der Waals surface area (Å²) in [6.07, 6.45) is 1.67. The van der Waals surface area contributed by atoms with Crippen LogP contribution in [0.15, 0.2) is 36.4 Å². The molecule has 1 N–H and O–H groups in total. The van der Waals surface area contributed by atoms with Crippen molar-refractivity contribution in [2.24, 2.45) is 0 Å². The summed E-state index contributed by atoms with van der Waals surface area (Å²) >= 11 is 0. The zero-order valence-electron chi connectivity index (χ0n) is 16.1. The van der Waals surface area contributed by atoms with Crippen LogP contribution in [0.5, 0.6) is 11.5 Å². The Morgan fingerprint density at radius 2 is 2.04 bits per heavy atom. The molecule has 1 heterocycles. The Morgan fingerprint density at radius 3 is 2.71 bits per heavy atom. The lowest BCUT2D eigenvalue weighted by atomic mass is 10.0. The van der Waals surface area contributed by atoms with E-state index in [1.807, 2.05) is 12.1 Å². The third-order valence-corrected chi connectivity index (χ3v) is 5.06. The molecule has 0 radical (unpaired) electrons. The van der Waals surface area contributed by atoms with Crippen molar-refractivity contribution in [2.45, 2.75) is 25.8 Å². The van der Waals surface area contributed by atoms with Crippen LogP contribution in [0.25, 0.3) is 0 Å². The zero-order chi connectivity index (χ0) is 20.3. The highest BCUT2D eigenvalue weighted by atomic mass is 16.6. The molecule has 3 rings (SSSR count). The molecular formula is C20H23N3O5. The van der Waals surface area contributed by atoms with E-state index in [9.17, 15) is 14.9 Å². The minimum atomic E-state index is -0.453. The van der Waals surface area contributed by atoms with Crippen LogP contribution in [0.4, 0.5) is 16.2 Å². The predicted octanol–water partition coefficient (Wildman–Crippen LogP) is 4.29. The monoisotopic (exact) mass is 385 g/mol. The number of benzene rings is 2. The quantitative estimate of drug-likeness (QED) is 0.612. The van der Waals surface area contributed by atoms with E-state index in [0.717, 1.165) is 18.4 Å². The summed E-state index contributed by atoms with van der Waals surface area (Å²) in [6.45, 7) is 2.22. The highest BCUT2D eigenvalue weighted by Crippen LogP contribution is 2.39. The number of carbonyl (C=O) groups is 1. The van der Waals surface area contributed by atoms with Crippen molar-refractivity contribution in [3.63, 3.8) is 0 Å². The Kier molecular flexibility index (Phi) is 5.67. The molecule has 0 aromatic heterocycles. The second kappa shape index (κ2) is 8.16. The minimum absolute atomic E-state index is 0.0207. The Hall–Kier alpha value is -3.29. The van der Waals surface area contributed by atoms with E-state index in [4.69, 9.17) is 9.47 Å². The maximum atomic E-state index is 12.9. The number of rotatable bonds is 5. The lowest BCUT2D eigenvalue weighted by Gasteiger charge is -2.27. The van der Waals surface area contributed by atoms with E-state index in [2.05, 4.69) is 5.32 Å². The second-order valence-electron chi connectivity index (χ2n) is 6.60. The lowest BCUT2D eigenvalue weighted by Crippen LogP contribution is -2.34. The fourth-order valence-electron chi connectivity index (χ4n) is 3.57. The number of nitrogens with one attached hydrogen (secondary N) is 1. The van der Waals surface area contributed by atoms with Gasteiger partial charge in [0.1, 0.15) is 11.5 Å². The van der Waals surface area contributed by atoms with Crippen molar-refractivity contribution in [3.8, 4) is 11.5 Å².